The number of benzene rings is 1. The SMILES string of the molecule is CCOc1ccc(N(C(=O)OC(C)(C)C)c2c(C)c(NCCNC(=O)OC(C)(C)C)c(C#N)c3ccnn23)cc1. The Morgan fingerprint density at radius 2 is 1.68 bits per heavy atom. The Morgan fingerprint density at radius 1 is 1.02 bits per heavy atom. The van der Waals surface area contributed by atoms with Crippen LogP contribution in [-0.4, -0.2) is 52.7 Å². The molecule has 0 saturated heterocycles. The van der Waals surface area contributed by atoms with Gasteiger partial charge in [0.05, 0.1) is 29.7 Å². The fourth-order valence-corrected chi connectivity index (χ4v) is 3.99. The van der Waals surface area contributed by atoms with E-state index >= 15 is 0 Å². The number of aromatic nitrogens is 2. The van der Waals surface area contributed by atoms with E-state index in [2.05, 4.69) is 21.8 Å². The molecule has 40 heavy (non-hydrogen) atoms. The van der Waals surface area contributed by atoms with E-state index in [-0.39, 0.29) is 6.54 Å². The van der Waals surface area contributed by atoms with Crippen LogP contribution >= 0.6 is 0 Å². The predicted molar refractivity (Wildman–Crippen MR) is 153 cm³/mol. The van der Waals surface area contributed by atoms with E-state index in [9.17, 15) is 14.9 Å². The standard InChI is InChI=1S/C29H38N6O5/c1-9-38-21-12-10-20(11-13-21)34(27(37)40-29(6,7)8)25-19(2)24(22(18-30)23-14-15-33-35(23)25)31-16-17-32-26(36)39-28(3,4)5/h10-15,31H,9,16-17H2,1-8H3,(H,32,36). The number of amides is 2. The highest BCUT2D eigenvalue weighted by molar-refractivity contribution is 5.98. The Kier molecular flexibility index (Phi) is 9.14. The highest BCUT2D eigenvalue weighted by atomic mass is 16.6. The van der Waals surface area contributed by atoms with Gasteiger partial charge in [0.25, 0.3) is 0 Å². The van der Waals surface area contributed by atoms with Crippen LogP contribution in [0.4, 0.5) is 26.8 Å². The van der Waals surface area contributed by atoms with Crippen LogP contribution in [0.2, 0.25) is 0 Å². The Balaban J connectivity index is 2.07. The van der Waals surface area contributed by atoms with Crippen molar-refractivity contribution in [2.75, 3.05) is 29.9 Å². The van der Waals surface area contributed by atoms with E-state index in [0.717, 1.165) is 0 Å². The molecule has 0 atom stereocenters. The number of hydrogen-bond acceptors (Lipinski definition) is 8. The molecular formula is C29H38N6O5. The minimum Gasteiger partial charge on any atom is -0.494 e. The largest absolute Gasteiger partial charge is 0.494 e. The van der Waals surface area contributed by atoms with Gasteiger partial charge in [-0.1, -0.05) is 0 Å². The molecule has 214 valence electrons. The smallest absolute Gasteiger partial charge is 0.420 e. The van der Waals surface area contributed by atoms with Gasteiger partial charge in [-0.15, -0.1) is 0 Å². The number of hydrogen-bond donors (Lipinski definition) is 2. The fraction of sp³-hybridized carbons (Fsp3) is 0.448. The molecule has 0 aliphatic rings. The number of pyridine rings is 1. The first-order chi connectivity index (χ1) is 18.8. The Labute approximate surface area is 235 Å². The third kappa shape index (κ3) is 7.34. The molecule has 2 aromatic heterocycles. The van der Waals surface area contributed by atoms with Crippen LogP contribution in [0.3, 0.4) is 0 Å². The predicted octanol–water partition coefficient (Wildman–Crippen LogP) is 5.92. The molecule has 0 bridgehead atoms. The van der Waals surface area contributed by atoms with Gasteiger partial charge in [0, 0.05) is 18.7 Å². The maximum atomic E-state index is 13.7. The number of nitriles is 1. The molecule has 2 heterocycles. The number of nitrogens with zero attached hydrogens (tertiary/aromatic N) is 4. The van der Waals surface area contributed by atoms with E-state index in [1.54, 1.807) is 89.5 Å². The summed E-state index contributed by atoms with van der Waals surface area (Å²) in [7, 11) is 0. The van der Waals surface area contributed by atoms with Gasteiger partial charge in [-0.05, 0) is 85.7 Å². The van der Waals surface area contributed by atoms with E-state index in [4.69, 9.17) is 14.2 Å². The maximum Gasteiger partial charge on any atom is 0.420 e. The van der Waals surface area contributed by atoms with Crippen molar-refractivity contribution in [2.24, 2.45) is 0 Å². The zero-order valence-electron chi connectivity index (χ0n) is 24.4. The van der Waals surface area contributed by atoms with Gasteiger partial charge in [-0.3, -0.25) is 0 Å². The van der Waals surface area contributed by atoms with Gasteiger partial charge < -0.3 is 24.8 Å². The lowest BCUT2D eigenvalue weighted by Crippen LogP contribution is -2.36. The second kappa shape index (κ2) is 12.2. The lowest BCUT2D eigenvalue weighted by Gasteiger charge is -2.30. The topological polar surface area (TPSA) is 130 Å². The van der Waals surface area contributed by atoms with Crippen molar-refractivity contribution in [2.45, 2.75) is 66.6 Å². The molecule has 11 heteroatoms. The normalized spacial score (nSPS) is 11.5. The molecule has 1 aromatic carbocycles. The summed E-state index contributed by atoms with van der Waals surface area (Å²) in [6, 6.07) is 11.0. The van der Waals surface area contributed by atoms with Crippen LogP contribution in [0.5, 0.6) is 5.75 Å². The van der Waals surface area contributed by atoms with Gasteiger partial charge in [0.15, 0.2) is 0 Å². The fourth-order valence-electron chi connectivity index (χ4n) is 3.99. The molecule has 0 radical (unpaired) electrons. The average molecular weight is 551 g/mol. The second-order valence-electron chi connectivity index (χ2n) is 11.0. The summed E-state index contributed by atoms with van der Waals surface area (Å²) in [6.07, 6.45) is 0.419. The van der Waals surface area contributed by atoms with Gasteiger partial charge >= 0.3 is 12.2 Å². The van der Waals surface area contributed by atoms with Crippen molar-refractivity contribution in [3.63, 3.8) is 0 Å². The number of alkyl carbamates (subject to hydrolysis) is 1. The molecule has 2 N–H and O–H groups in total. The molecule has 0 unspecified atom stereocenters. The summed E-state index contributed by atoms with van der Waals surface area (Å²) in [4.78, 5) is 27.2. The lowest BCUT2D eigenvalue weighted by molar-refractivity contribution is 0.0528. The monoisotopic (exact) mass is 550 g/mol. The van der Waals surface area contributed by atoms with Crippen molar-refractivity contribution in [3.8, 4) is 11.8 Å². The summed E-state index contributed by atoms with van der Waals surface area (Å²) in [5.74, 6) is 1.07. The number of ether oxygens (including phenoxy) is 3. The zero-order chi connectivity index (χ0) is 29.7. The third-order valence-corrected chi connectivity index (χ3v) is 5.46. The first kappa shape index (κ1) is 30.1. The first-order valence-electron chi connectivity index (χ1n) is 13.1. The number of carbonyl (C=O) groups excluding carboxylic acids is 2. The van der Waals surface area contributed by atoms with Gasteiger partial charge in [0.1, 0.15) is 34.4 Å². The van der Waals surface area contributed by atoms with Crippen LogP contribution < -0.4 is 20.3 Å². The number of rotatable bonds is 8. The maximum absolute atomic E-state index is 13.7. The van der Waals surface area contributed by atoms with Crippen LogP contribution in [0.15, 0.2) is 36.5 Å². The minimum absolute atomic E-state index is 0.244. The van der Waals surface area contributed by atoms with Crippen LogP contribution in [-0.2, 0) is 9.47 Å². The van der Waals surface area contributed by atoms with E-state index in [0.29, 0.717) is 52.7 Å². The van der Waals surface area contributed by atoms with Crippen LogP contribution in [0.1, 0.15) is 59.6 Å². The second-order valence-corrected chi connectivity index (χ2v) is 11.0. The molecule has 0 fully saturated rings. The Bertz CT molecular complexity index is 1390. The number of fused-ring (bicyclic) bond motifs is 1. The minimum atomic E-state index is -0.765. The van der Waals surface area contributed by atoms with E-state index in [1.807, 2.05) is 6.92 Å². The molecule has 3 rings (SSSR count). The van der Waals surface area contributed by atoms with Crippen molar-refractivity contribution >= 4 is 34.9 Å². The van der Waals surface area contributed by atoms with Crippen molar-refractivity contribution < 1.29 is 23.8 Å². The molecule has 3 aromatic rings. The van der Waals surface area contributed by atoms with Crippen molar-refractivity contribution in [3.05, 3.63) is 47.7 Å². The van der Waals surface area contributed by atoms with Gasteiger partial charge in [0.2, 0.25) is 0 Å². The summed E-state index contributed by atoms with van der Waals surface area (Å²) >= 11 is 0. The Hall–Kier alpha value is -4.46. The molecule has 0 aliphatic carbocycles. The number of nitrogens with one attached hydrogen (secondary N) is 2. The molecule has 11 nitrogen and oxygen atoms in total. The molecule has 0 spiro atoms. The van der Waals surface area contributed by atoms with Crippen LogP contribution in [0, 0.1) is 18.3 Å². The summed E-state index contributed by atoms with van der Waals surface area (Å²) in [5.41, 5.74) is 1.10. The zero-order valence-corrected chi connectivity index (χ0v) is 24.4. The van der Waals surface area contributed by atoms with Crippen molar-refractivity contribution in [1.29, 1.82) is 5.26 Å². The van der Waals surface area contributed by atoms with E-state index in [1.165, 1.54) is 4.90 Å². The van der Waals surface area contributed by atoms with Crippen molar-refractivity contribution in [1.82, 2.24) is 14.9 Å². The molecular weight excluding hydrogens is 512 g/mol. The molecule has 2 amide bonds. The van der Waals surface area contributed by atoms with Gasteiger partial charge in [-0.25, -0.2) is 19.0 Å². The molecule has 0 saturated carbocycles. The number of anilines is 3. The van der Waals surface area contributed by atoms with Crippen LogP contribution in [0.25, 0.3) is 5.52 Å². The Morgan fingerprint density at radius 3 is 2.25 bits per heavy atom. The summed E-state index contributed by atoms with van der Waals surface area (Å²) < 4.78 is 18.2. The van der Waals surface area contributed by atoms with E-state index < -0.39 is 23.4 Å². The number of carbonyl (C=O) groups is 2. The summed E-state index contributed by atoms with van der Waals surface area (Å²) in [6.45, 7) is 15.5. The highest BCUT2D eigenvalue weighted by Gasteiger charge is 2.31. The summed E-state index contributed by atoms with van der Waals surface area (Å²) in [5, 5.41) is 20.5. The quantitative estimate of drug-likeness (QED) is 0.330. The van der Waals surface area contributed by atoms with Gasteiger partial charge in [-0.2, -0.15) is 10.4 Å². The third-order valence-electron chi connectivity index (χ3n) is 5.46. The highest BCUT2D eigenvalue weighted by Crippen LogP contribution is 2.38. The average Bonchev–Trinajstić information content (AvgIpc) is 3.32. The molecule has 0 aliphatic heterocycles. The first-order valence-corrected chi connectivity index (χ1v) is 13.1. The lowest BCUT2D eigenvalue weighted by atomic mass is 10.1.